The van der Waals surface area contributed by atoms with E-state index in [1.807, 2.05) is 31.4 Å². The van der Waals surface area contributed by atoms with E-state index < -0.39 is 0 Å². The molecule has 1 aliphatic rings. The average molecular weight is 387 g/mol. The fourth-order valence-corrected chi connectivity index (χ4v) is 3.81. The molecule has 1 amide bonds. The Hall–Kier alpha value is -2.12. The highest BCUT2D eigenvalue weighted by Gasteiger charge is 2.15. The van der Waals surface area contributed by atoms with Crippen LogP contribution in [-0.2, 0) is 17.8 Å². The topological polar surface area (TPSA) is 78.1 Å². The van der Waals surface area contributed by atoms with Crippen LogP contribution in [0.4, 0.5) is 5.69 Å². The van der Waals surface area contributed by atoms with Crippen LogP contribution in [0.5, 0.6) is 0 Å². The molecular weight excluding hydrogens is 360 g/mol. The van der Waals surface area contributed by atoms with Gasteiger partial charge in [0.25, 0.3) is 5.56 Å². The first-order valence-corrected chi connectivity index (χ1v) is 10.5. The van der Waals surface area contributed by atoms with Gasteiger partial charge in [-0.3, -0.25) is 14.5 Å². The Morgan fingerprint density at radius 1 is 1.30 bits per heavy atom. The predicted molar refractivity (Wildman–Crippen MR) is 109 cm³/mol. The molecule has 1 saturated heterocycles. The Kier molecular flexibility index (Phi) is 6.68. The summed E-state index contributed by atoms with van der Waals surface area (Å²) in [6, 6.07) is 7.94. The van der Waals surface area contributed by atoms with E-state index in [1.54, 1.807) is 0 Å². The number of H-pyrrole nitrogens is 1. The highest BCUT2D eigenvalue weighted by Crippen LogP contribution is 2.20. The molecule has 144 valence electrons. The maximum atomic E-state index is 12.5. The lowest BCUT2D eigenvalue weighted by Gasteiger charge is -2.18. The first-order valence-electron chi connectivity index (χ1n) is 9.30. The largest absolute Gasteiger partial charge is 0.326 e. The van der Waals surface area contributed by atoms with Crippen molar-refractivity contribution in [1.82, 2.24) is 14.9 Å². The number of nitrogens with one attached hydrogen (secondary N) is 2. The Balaban J connectivity index is 1.62. The van der Waals surface area contributed by atoms with Gasteiger partial charge in [-0.1, -0.05) is 30.0 Å². The standard InChI is InChI=1S/C20H26N4O2S/c1-14-16(19(26)23-20(21-14)27-2)9-10-18(25)22-17-8-4-3-7-15(17)13-24-11-5-6-12-24/h3-4,7-8H,5-6,9-13H2,1-2H3,(H,22,25)(H,21,23,26). The molecule has 27 heavy (non-hydrogen) atoms. The van der Waals surface area contributed by atoms with Gasteiger partial charge in [-0.25, -0.2) is 4.98 Å². The minimum absolute atomic E-state index is 0.0865. The number of carbonyl (C=O) groups excluding carboxylic acids is 1. The zero-order valence-corrected chi connectivity index (χ0v) is 16.7. The van der Waals surface area contributed by atoms with Crippen LogP contribution in [0.2, 0.25) is 0 Å². The number of anilines is 1. The molecule has 7 heteroatoms. The Morgan fingerprint density at radius 2 is 2.04 bits per heavy atom. The zero-order valence-electron chi connectivity index (χ0n) is 15.9. The minimum Gasteiger partial charge on any atom is -0.326 e. The van der Waals surface area contributed by atoms with Crippen LogP contribution in [0.25, 0.3) is 0 Å². The number of hydrogen-bond donors (Lipinski definition) is 2. The van der Waals surface area contributed by atoms with Gasteiger partial charge < -0.3 is 10.3 Å². The summed E-state index contributed by atoms with van der Waals surface area (Å²) in [4.78, 5) is 34.2. The number of nitrogens with zero attached hydrogens (tertiary/aromatic N) is 2. The van der Waals surface area contributed by atoms with Crippen LogP contribution in [0.1, 0.15) is 36.1 Å². The predicted octanol–water partition coefficient (Wildman–Crippen LogP) is 2.97. The van der Waals surface area contributed by atoms with Crippen molar-refractivity contribution in [3.8, 4) is 0 Å². The van der Waals surface area contributed by atoms with Crippen LogP contribution in [0.3, 0.4) is 0 Å². The van der Waals surface area contributed by atoms with Gasteiger partial charge in [0.1, 0.15) is 0 Å². The molecule has 1 aromatic heterocycles. The van der Waals surface area contributed by atoms with E-state index in [0.717, 1.165) is 30.9 Å². The highest BCUT2D eigenvalue weighted by molar-refractivity contribution is 7.98. The number of rotatable bonds is 7. The monoisotopic (exact) mass is 386 g/mol. The molecule has 3 rings (SSSR count). The Bertz CT molecular complexity index is 859. The summed E-state index contributed by atoms with van der Waals surface area (Å²) in [7, 11) is 0. The van der Waals surface area contributed by atoms with Gasteiger partial charge in [0.2, 0.25) is 5.91 Å². The lowest BCUT2D eigenvalue weighted by molar-refractivity contribution is -0.116. The molecule has 1 fully saturated rings. The van der Waals surface area contributed by atoms with E-state index in [1.165, 1.54) is 24.6 Å². The van der Waals surface area contributed by atoms with Gasteiger partial charge in [-0.15, -0.1) is 0 Å². The van der Waals surface area contributed by atoms with E-state index in [0.29, 0.717) is 22.8 Å². The Labute approximate surface area is 163 Å². The summed E-state index contributed by atoms with van der Waals surface area (Å²) in [5.74, 6) is -0.0865. The number of aryl methyl sites for hydroxylation is 1. The van der Waals surface area contributed by atoms with Gasteiger partial charge in [0, 0.05) is 29.9 Å². The van der Waals surface area contributed by atoms with Crippen LogP contribution in [0, 0.1) is 6.92 Å². The van der Waals surface area contributed by atoms with Crippen molar-refractivity contribution in [1.29, 1.82) is 0 Å². The van der Waals surface area contributed by atoms with Crippen molar-refractivity contribution in [3.63, 3.8) is 0 Å². The summed E-state index contributed by atoms with van der Waals surface area (Å²) in [6.45, 7) is 4.90. The molecule has 0 spiro atoms. The first-order chi connectivity index (χ1) is 13.1. The molecule has 0 saturated carbocycles. The van der Waals surface area contributed by atoms with Crippen molar-refractivity contribution >= 4 is 23.4 Å². The number of benzene rings is 1. The summed E-state index contributed by atoms with van der Waals surface area (Å²) >= 11 is 1.40. The second-order valence-corrected chi connectivity index (χ2v) is 7.62. The molecule has 0 unspecified atom stereocenters. The SMILES string of the molecule is CSc1nc(C)c(CCC(=O)Nc2ccccc2CN2CCCC2)c(=O)[nH]1. The number of carbonyl (C=O) groups is 1. The molecule has 6 nitrogen and oxygen atoms in total. The number of thioether (sulfide) groups is 1. The molecule has 2 N–H and O–H groups in total. The summed E-state index contributed by atoms with van der Waals surface area (Å²) < 4.78 is 0. The van der Waals surface area contributed by atoms with Crippen molar-refractivity contribution in [3.05, 3.63) is 51.4 Å². The van der Waals surface area contributed by atoms with Crippen molar-refractivity contribution in [2.45, 2.75) is 44.3 Å². The number of amides is 1. The number of para-hydroxylation sites is 1. The van der Waals surface area contributed by atoms with Gasteiger partial charge in [-0.05, 0) is 57.2 Å². The second-order valence-electron chi connectivity index (χ2n) is 6.83. The van der Waals surface area contributed by atoms with E-state index in [2.05, 4.69) is 26.3 Å². The molecule has 0 atom stereocenters. The lowest BCUT2D eigenvalue weighted by atomic mass is 10.1. The van der Waals surface area contributed by atoms with Crippen molar-refractivity contribution < 1.29 is 4.79 Å². The van der Waals surface area contributed by atoms with Crippen LogP contribution < -0.4 is 10.9 Å². The van der Waals surface area contributed by atoms with Crippen molar-refractivity contribution in [2.24, 2.45) is 0 Å². The average Bonchev–Trinajstić information content (AvgIpc) is 3.15. The maximum Gasteiger partial charge on any atom is 0.254 e. The highest BCUT2D eigenvalue weighted by atomic mass is 32.2. The number of likely N-dealkylation sites (tertiary alicyclic amines) is 1. The number of hydrogen-bond acceptors (Lipinski definition) is 5. The van der Waals surface area contributed by atoms with Gasteiger partial charge in [0.15, 0.2) is 5.16 Å². The molecule has 0 bridgehead atoms. The lowest BCUT2D eigenvalue weighted by Crippen LogP contribution is -2.22. The number of aromatic nitrogens is 2. The second kappa shape index (κ2) is 9.19. The van der Waals surface area contributed by atoms with Gasteiger partial charge in [0.05, 0.1) is 0 Å². The van der Waals surface area contributed by atoms with Gasteiger partial charge in [-0.2, -0.15) is 0 Å². The van der Waals surface area contributed by atoms with E-state index in [4.69, 9.17) is 0 Å². The molecule has 2 heterocycles. The molecule has 1 aromatic carbocycles. The van der Waals surface area contributed by atoms with Crippen molar-refractivity contribution in [2.75, 3.05) is 24.7 Å². The van der Waals surface area contributed by atoms with E-state index in [9.17, 15) is 9.59 Å². The molecule has 1 aliphatic heterocycles. The summed E-state index contributed by atoms with van der Waals surface area (Å²) in [6.07, 6.45) is 4.98. The Morgan fingerprint density at radius 3 is 2.74 bits per heavy atom. The third-order valence-corrected chi connectivity index (χ3v) is 5.46. The van der Waals surface area contributed by atoms with E-state index in [-0.39, 0.29) is 17.9 Å². The van der Waals surface area contributed by atoms with Crippen LogP contribution >= 0.6 is 11.8 Å². The van der Waals surface area contributed by atoms with Crippen LogP contribution in [-0.4, -0.2) is 40.1 Å². The minimum atomic E-state index is -0.158. The number of aromatic amines is 1. The fraction of sp³-hybridized carbons (Fsp3) is 0.450. The fourth-order valence-electron chi connectivity index (χ4n) is 3.39. The maximum absolute atomic E-state index is 12.5. The quantitative estimate of drug-likeness (QED) is 0.565. The smallest absolute Gasteiger partial charge is 0.254 e. The summed E-state index contributed by atoms with van der Waals surface area (Å²) in [5, 5.41) is 3.61. The third kappa shape index (κ3) is 5.20. The molecular formula is C20H26N4O2S. The first kappa shape index (κ1) is 19.6. The normalized spacial score (nSPS) is 14.4. The third-order valence-electron chi connectivity index (χ3n) is 4.88. The zero-order chi connectivity index (χ0) is 19.2. The molecule has 2 aromatic rings. The summed E-state index contributed by atoms with van der Waals surface area (Å²) in [5.41, 5.74) is 3.09. The molecule has 0 aliphatic carbocycles. The molecule has 0 radical (unpaired) electrons. The van der Waals surface area contributed by atoms with Crippen LogP contribution in [0.15, 0.2) is 34.2 Å². The van der Waals surface area contributed by atoms with E-state index >= 15 is 0 Å². The van der Waals surface area contributed by atoms with Gasteiger partial charge >= 0.3 is 0 Å².